The van der Waals surface area contributed by atoms with Crippen molar-refractivity contribution in [2.75, 3.05) is 70.8 Å². The highest BCUT2D eigenvalue weighted by Crippen LogP contribution is 2.26. The normalized spacial score (nSPS) is 21.2. The van der Waals surface area contributed by atoms with Crippen LogP contribution in [0.5, 0.6) is 0 Å². The van der Waals surface area contributed by atoms with Crippen molar-refractivity contribution in [3.63, 3.8) is 0 Å². The molecule has 0 aromatic heterocycles. The van der Waals surface area contributed by atoms with Gasteiger partial charge in [0.05, 0.1) is 10.0 Å². The number of urea groups is 1. The Labute approximate surface area is 284 Å². The van der Waals surface area contributed by atoms with Crippen LogP contribution in [0.1, 0.15) is 67.2 Å². The number of benzene rings is 1. The molecule has 0 radical (unpaired) electrons. The number of piperazine rings is 1. The molecule has 260 valence electrons. The number of aliphatic hydroxyl groups is 1. The number of carbonyl (C=O) groups is 3. The second-order valence-electron chi connectivity index (χ2n) is 14.4. The maximum atomic E-state index is 12.6. The third-order valence-electron chi connectivity index (χ3n) is 7.95. The lowest BCUT2D eigenvalue weighted by Crippen LogP contribution is -2.52. The van der Waals surface area contributed by atoms with Gasteiger partial charge in [0.1, 0.15) is 11.2 Å². The first kappa shape index (κ1) is 38.0. The molecule has 1 aromatic rings. The van der Waals surface area contributed by atoms with Gasteiger partial charge in [0.15, 0.2) is 0 Å². The van der Waals surface area contributed by atoms with E-state index in [1.807, 2.05) is 51.3 Å². The fraction of sp³-hybridized carbons (Fsp3) is 0.727. The minimum Gasteiger partial charge on any atom is -0.444 e. The zero-order valence-electron chi connectivity index (χ0n) is 28.3. The summed E-state index contributed by atoms with van der Waals surface area (Å²) in [7, 11) is 0. The molecule has 0 unspecified atom stereocenters. The van der Waals surface area contributed by atoms with Gasteiger partial charge in [0.25, 0.3) is 0 Å². The van der Waals surface area contributed by atoms with Crippen LogP contribution in [0, 0.1) is 11.8 Å². The Morgan fingerprint density at radius 1 is 0.783 bits per heavy atom. The van der Waals surface area contributed by atoms with Crippen LogP contribution in [0.3, 0.4) is 0 Å². The molecule has 3 fully saturated rings. The van der Waals surface area contributed by atoms with Gasteiger partial charge in [-0.2, -0.15) is 0 Å². The molecular weight excluding hydrogens is 633 g/mol. The van der Waals surface area contributed by atoms with Crippen molar-refractivity contribution in [1.82, 2.24) is 19.6 Å². The second-order valence-corrected chi connectivity index (χ2v) is 15.2. The average molecular weight is 687 g/mol. The number of rotatable bonds is 4. The number of carbonyl (C=O) groups excluding carboxylic acids is 3. The molecular formula is C33H53Cl2N5O6. The lowest BCUT2D eigenvalue weighted by atomic mass is 9.97. The first-order valence-corrected chi connectivity index (χ1v) is 17.1. The SMILES string of the molecule is CC(C)(C)OC(=O)N1CCC[C@@H](CN2CCN(C(=O)Nc3ccc(Cl)c(Cl)c3)CC2)C1.CC(C)(C)OC(=O)N1CCC[C@@H](CO)C1. The minimum absolute atomic E-state index is 0.133. The molecule has 11 nitrogen and oxygen atoms in total. The van der Waals surface area contributed by atoms with E-state index in [1.165, 1.54) is 0 Å². The molecule has 13 heteroatoms. The van der Waals surface area contributed by atoms with E-state index in [1.54, 1.807) is 23.1 Å². The average Bonchev–Trinajstić information content (AvgIpc) is 2.98. The van der Waals surface area contributed by atoms with E-state index in [0.717, 1.165) is 65.0 Å². The molecule has 0 spiro atoms. The second kappa shape index (κ2) is 17.1. The highest BCUT2D eigenvalue weighted by atomic mass is 35.5. The van der Waals surface area contributed by atoms with Gasteiger partial charge in [-0.05, 0) is 97.3 Å². The number of ether oxygens (including phenoxy) is 2. The number of amides is 4. The van der Waals surface area contributed by atoms with Gasteiger partial charge in [0.2, 0.25) is 0 Å². The van der Waals surface area contributed by atoms with E-state index in [2.05, 4.69) is 10.2 Å². The van der Waals surface area contributed by atoms with Gasteiger partial charge in [-0.15, -0.1) is 0 Å². The van der Waals surface area contributed by atoms with Crippen LogP contribution < -0.4 is 5.32 Å². The summed E-state index contributed by atoms with van der Waals surface area (Å²) in [6, 6.07) is 4.92. The Balaban J connectivity index is 0.000000322. The monoisotopic (exact) mass is 685 g/mol. The number of halogens is 2. The van der Waals surface area contributed by atoms with Crippen molar-refractivity contribution >= 4 is 47.1 Å². The molecule has 0 saturated carbocycles. The quantitative estimate of drug-likeness (QED) is 0.376. The molecule has 46 heavy (non-hydrogen) atoms. The van der Waals surface area contributed by atoms with Crippen LogP contribution >= 0.6 is 23.2 Å². The fourth-order valence-corrected chi connectivity index (χ4v) is 5.99. The van der Waals surface area contributed by atoms with Crippen molar-refractivity contribution in [2.45, 2.75) is 78.4 Å². The largest absolute Gasteiger partial charge is 0.444 e. The number of nitrogens with one attached hydrogen (secondary N) is 1. The standard InChI is InChI=1S/C22H32Cl2N4O3.C11H21NO3/c1-22(2,3)31-21(30)28-8-4-5-16(15-28)14-26-9-11-27(12-10-26)20(29)25-17-6-7-18(23)19(24)13-17;1-11(2,3)15-10(14)12-6-4-5-9(7-12)8-13/h6-7,13,16H,4-5,8-12,14-15H2,1-3H3,(H,25,29);9,13H,4-8H2,1-3H3/t16-;9-/m01/s1. The lowest BCUT2D eigenvalue weighted by molar-refractivity contribution is 0.0124. The summed E-state index contributed by atoms with van der Waals surface area (Å²) < 4.78 is 10.8. The zero-order valence-corrected chi connectivity index (χ0v) is 29.8. The number of piperidine rings is 2. The van der Waals surface area contributed by atoms with Crippen molar-refractivity contribution in [2.24, 2.45) is 11.8 Å². The Morgan fingerprint density at radius 3 is 1.80 bits per heavy atom. The summed E-state index contributed by atoms with van der Waals surface area (Å²) in [5, 5.41) is 12.8. The zero-order chi connectivity index (χ0) is 34.1. The van der Waals surface area contributed by atoms with Crippen LogP contribution in [0.15, 0.2) is 18.2 Å². The lowest BCUT2D eigenvalue weighted by Gasteiger charge is -2.39. The van der Waals surface area contributed by atoms with E-state index in [-0.39, 0.29) is 30.7 Å². The maximum absolute atomic E-state index is 12.6. The Bertz CT molecular complexity index is 1170. The third-order valence-corrected chi connectivity index (χ3v) is 8.69. The van der Waals surface area contributed by atoms with Crippen LogP contribution in [0.2, 0.25) is 10.0 Å². The number of nitrogens with zero attached hydrogens (tertiary/aromatic N) is 4. The molecule has 0 aliphatic carbocycles. The Morgan fingerprint density at radius 2 is 1.30 bits per heavy atom. The molecule has 0 bridgehead atoms. The van der Waals surface area contributed by atoms with Gasteiger partial charge >= 0.3 is 18.2 Å². The molecule has 4 rings (SSSR count). The Hall–Kier alpha value is -2.47. The van der Waals surface area contributed by atoms with E-state index in [0.29, 0.717) is 41.3 Å². The highest BCUT2D eigenvalue weighted by molar-refractivity contribution is 6.42. The molecule has 3 aliphatic heterocycles. The third kappa shape index (κ3) is 13.0. The van der Waals surface area contributed by atoms with Crippen molar-refractivity contribution in [3.8, 4) is 0 Å². The van der Waals surface area contributed by atoms with Crippen molar-refractivity contribution in [3.05, 3.63) is 28.2 Å². The summed E-state index contributed by atoms with van der Waals surface area (Å²) in [6.07, 6.45) is 3.56. The van der Waals surface area contributed by atoms with Crippen LogP contribution in [0.25, 0.3) is 0 Å². The van der Waals surface area contributed by atoms with Gasteiger partial charge in [-0.25, -0.2) is 14.4 Å². The van der Waals surface area contributed by atoms with Crippen LogP contribution in [0.4, 0.5) is 20.1 Å². The molecule has 2 atom stereocenters. The molecule has 3 saturated heterocycles. The predicted octanol–water partition coefficient (Wildman–Crippen LogP) is 6.42. The van der Waals surface area contributed by atoms with Crippen molar-refractivity contribution < 1.29 is 29.0 Å². The Kier molecular flexibility index (Phi) is 14.1. The van der Waals surface area contributed by atoms with E-state index in [4.69, 9.17) is 37.8 Å². The number of hydrogen-bond donors (Lipinski definition) is 2. The highest BCUT2D eigenvalue weighted by Gasteiger charge is 2.30. The summed E-state index contributed by atoms with van der Waals surface area (Å²) in [4.78, 5) is 44.4. The van der Waals surface area contributed by atoms with E-state index in [9.17, 15) is 14.4 Å². The number of hydrogen-bond acceptors (Lipinski definition) is 7. The van der Waals surface area contributed by atoms with Crippen LogP contribution in [-0.2, 0) is 9.47 Å². The van der Waals surface area contributed by atoms with Gasteiger partial charge < -0.3 is 34.6 Å². The van der Waals surface area contributed by atoms with Gasteiger partial charge in [-0.3, -0.25) is 4.90 Å². The van der Waals surface area contributed by atoms with E-state index < -0.39 is 11.2 Å². The number of anilines is 1. The maximum Gasteiger partial charge on any atom is 0.410 e. The van der Waals surface area contributed by atoms with Crippen molar-refractivity contribution in [1.29, 1.82) is 0 Å². The predicted molar refractivity (Wildman–Crippen MR) is 182 cm³/mol. The summed E-state index contributed by atoms with van der Waals surface area (Å²) >= 11 is 11.9. The molecule has 1 aromatic carbocycles. The fourth-order valence-electron chi connectivity index (χ4n) is 5.69. The molecule has 3 heterocycles. The molecule has 4 amide bonds. The number of likely N-dealkylation sites (tertiary alicyclic amines) is 2. The van der Waals surface area contributed by atoms with Gasteiger partial charge in [0, 0.05) is 71.2 Å². The smallest absolute Gasteiger partial charge is 0.410 e. The summed E-state index contributed by atoms with van der Waals surface area (Å²) in [5.41, 5.74) is -0.284. The minimum atomic E-state index is -0.474. The molecule has 3 aliphatic rings. The summed E-state index contributed by atoms with van der Waals surface area (Å²) in [6.45, 7) is 18.1. The van der Waals surface area contributed by atoms with Gasteiger partial charge in [-0.1, -0.05) is 23.2 Å². The topological polar surface area (TPSA) is 115 Å². The first-order chi connectivity index (χ1) is 21.5. The number of aliphatic hydroxyl groups excluding tert-OH is 1. The molecule has 2 N–H and O–H groups in total. The van der Waals surface area contributed by atoms with E-state index >= 15 is 0 Å². The summed E-state index contributed by atoms with van der Waals surface area (Å²) in [5.74, 6) is 0.643. The van der Waals surface area contributed by atoms with Crippen LogP contribution in [-0.4, -0.2) is 120 Å². The first-order valence-electron chi connectivity index (χ1n) is 16.3.